The lowest BCUT2D eigenvalue weighted by Gasteiger charge is -2.18. The van der Waals surface area contributed by atoms with Gasteiger partial charge in [0.15, 0.2) is 0 Å². The first-order chi connectivity index (χ1) is 5.06. The van der Waals surface area contributed by atoms with Gasteiger partial charge in [0.1, 0.15) is 5.01 Å². The summed E-state index contributed by atoms with van der Waals surface area (Å²) in [5, 5.41) is 1.04. The van der Waals surface area contributed by atoms with Crippen molar-refractivity contribution in [1.29, 1.82) is 0 Å². The summed E-state index contributed by atoms with van der Waals surface area (Å²) >= 11 is 1.68. The summed E-state index contributed by atoms with van der Waals surface area (Å²) in [6.45, 7) is 6.15. The van der Waals surface area contributed by atoms with Gasteiger partial charge in [0.2, 0.25) is 0 Å². The lowest BCUT2D eigenvalue weighted by Crippen LogP contribution is -2.31. The van der Waals surface area contributed by atoms with Crippen LogP contribution in [0.3, 0.4) is 0 Å². The Kier molecular flexibility index (Phi) is 2.30. The molecule has 0 saturated heterocycles. The number of hydrogen-bond donors (Lipinski definition) is 1. The van der Waals surface area contributed by atoms with E-state index in [4.69, 9.17) is 5.73 Å². The molecule has 1 heterocycles. The molecule has 0 aromatic carbocycles. The highest BCUT2D eigenvalue weighted by atomic mass is 32.1. The summed E-state index contributed by atoms with van der Waals surface area (Å²) in [6, 6.07) is 0. The molecule has 0 aliphatic rings. The Labute approximate surface area is 71.5 Å². The highest BCUT2D eigenvalue weighted by Gasteiger charge is 2.21. The van der Waals surface area contributed by atoms with E-state index >= 15 is 0 Å². The predicted octanol–water partition coefficient (Wildman–Crippen LogP) is 2.04. The van der Waals surface area contributed by atoms with E-state index in [0.29, 0.717) is 0 Å². The smallest absolute Gasteiger partial charge is 0.112 e. The van der Waals surface area contributed by atoms with E-state index in [9.17, 15) is 0 Å². The molecule has 0 saturated carbocycles. The van der Waals surface area contributed by atoms with Crippen molar-refractivity contribution in [3.8, 4) is 0 Å². The minimum absolute atomic E-state index is 0.237. The van der Waals surface area contributed by atoms with Crippen LogP contribution in [-0.2, 0) is 5.54 Å². The van der Waals surface area contributed by atoms with Gasteiger partial charge in [0.25, 0.3) is 0 Å². The maximum Gasteiger partial charge on any atom is 0.112 e. The van der Waals surface area contributed by atoms with E-state index in [1.165, 1.54) is 4.88 Å². The van der Waals surface area contributed by atoms with Crippen LogP contribution < -0.4 is 5.73 Å². The van der Waals surface area contributed by atoms with Crippen LogP contribution in [0.25, 0.3) is 0 Å². The third kappa shape index (κ3) is 1.79. The molecule has 0 fully saturated rings. The Balaban J connectivity index is 2.92. The zero-order valence-electron chi connectivity index (χ0n) is 7.22. The van der Waals surface area contributed by atoms with Gasteiger partial charge in [-0.2, -0.15) is 0 Å². The monoisotopic (exact) mass is 170 g/mol. The van der Waals surface area contributed by atoms with Crippen LogP contribution in [0.2, 0.25) is 0 Å². The van der Waals surface area contributed by atoms with Crippen molar-refractivity contribution in [3.63, 3.8) is 0 Å². The fourth-order valence-corrected chi connectivity index (χ4v) is 1.66. The van der Waals surface area contributed by atoms with Crippen molar-refractivity contribution in [3.05, 3.63) is 16.1 Å². The van der Waals surface area contributed by atoms with E-state index in [1.807, 2.05) is 20.0 Å². The molecule has 0 radical (unpaired) electrons. The number of hydrogen-bond acceptors (Lipinski definition) is 3. The summed E-state index contributed by atoms with van der Waals surface area (Å²) in [5.74, 6) is 0. The normalized spacial score (nSPS) is 16.4. The van der Waals surface area contributed by atoms with Gasteiger partial charge in [0.05, 0.1) is 5.54 Å². The van der Waals surface area contributed by atoms with Crippen molar-refractivity contribution in [2.75, 3.05) is 0 Å². The second kappa shape index (κ2) is 2.91. The average Bonchev–Trinajstić information content (AvgIpc) is 2.36. The van der Waals surface area contributed by atoms with Gasteiger partial charge < -0.3 is 5.73 Å². The standard InChI is InChI=1S/C8H14N2S/c1-4-8(3,9)7-10-5-6(2)11-7/h5H,4,9H2,1-3H3. The molecule has 2 nitrogen and oxygen atoms in total. The Bertz CT molecular complexity index is 240. The summed E-state index contributed by atoms with van der Waals surface area (Å²) in [5.41, 5.74) is 5.76. The van der Waals surface area contributed by atoms with Gasteiger partial charge in [-0.25, -0.2) is 4.98 Å². The summed E-state index contributed by atoms with van der Waals surface area (Å²) in [7, 11) is 0. The SMILES string of the molecule is CCC(C)(N)c1ncc(C)s1. The molecule has 2 N–H and O–H groups in total. The van der Waals surface area contributed by atoms with Crippen molar-refractivity contribution in [2.45, 2.75) is 32.7 Å². The maximum absolute atomic E-state index is 6.00. The van der Waals surface area contributed by atoms with Crippen LogP contribution in [0.1, 0.15) is 30.2 Å². The molecule has 0 amide bonds. The van der Waals surface area contributed by atoms with Crippen LogP contribution in [0.4, 0.5) is 0 Å². The van der Waals surface area contributed by atoms with E-state index in [0.717, 1.165) is 11.4 Å². The Morgan fingerprint density at radius 2 is 2.36 bits per heavy atom. The highest BCUT2D eigenvalue weighted by Crippen LogP contribution is 2.25. The molecule has 1 atom stereocenters. The first-order valence-corrected chi connectivity index (χ1v) is 4.59. The minimum Gasteiger partial charge on any atom is -0.320 e. The fourth-order valence-electron chi connectivity index (χ4n) is 0.770. The number of aromatic nitrogens is 1. The molecule has 1 rings (SSSR count). The predicted molar refractivity (Wildman–Crippen MR) is 48.7 cm³/mol. The summed E-state index contributed by atoms with van der Waals surface area (Å²) in [6.07, 6.45) is 2.81. The highest BCUT2D eigenvalue weighted by molar-refractivity contribution is 7.11. The fraction of sp³-hybridized carbons (Fsp3) is 0.625. The summed E-state index contributed by atoms with van der Waals surface area (Å²) in [4.78, 5) is 5.48. The molecule has 0 spiro atoms. The second-order valence-electron chi connectivity index (χ2n) is 3.05. The number of thiazole rings is 1. The molecule has 0 aliphatic carbocycles. The second-order valence-corrected chi connectivity index (χ2v) is 4.28. The topological polar surface area (TPSA) is 38.9 Å². The quantitative estimate of drug-likeness (QED) is 0.737. The third-order valence-corrected chi connectivity index (χ3v) is 3.04. The lowest BCUT2D eigenvalue weighted by molar-refractivity contribution is 0.474. The molecule has 1 aromatic rings. The largest absolute Gasteiger partial charge is 0.320 e. The third-order valence-electron chi connectivity index (χ3n) is 1.84. The molecule has 0 aliphatic heterocycles. The Hall–Kier alpha value is -0.410. The zero-order valence-corrected chi connectivity index (χ0v) is 8.03. The molecule has 1 unspecified atom stereocenters. The van der Waals surface area contributed by atoms with Gasteiger partial charge >= 0.3 is 0 Å². The van der Waals surface area contributed by atoms with Crippen molar-refractivity contribution in [2.24, 2.45) is 5.73 Å². The minimum atomic E-state index is -0.237. The molecule has 3 heteroatoms. The number of rotatable bonds is 2. The van der Waals surface area contributed by atoms with Crippen LogP contribution in [0, 0.1) is 6.92 Å². The van der Waals surface area contributed by atoms with E-state index in [2.05, 4.69) is 11.9 Å². The van der Waals surface area contributed by atoms with E-state index < -0.39 is 0 Å². The number of nitrogens with zero attached hydrogens (tertiary/aromatic N) is 1. The first kappa shape index (κ1) is 8.68. The van der Waals surface area contributed by atoms with Crippen LogP contribution in [0.15, 0.2) is 6.20 Å². The Morgan fingerprint density at radius 1 is 1.73 bits per heavy atom. The summed E-state index contributed by atoms with van der Waals surface area (Å²) < 4.78 is 0. The molecule has 62 valence electrons. The number of nitrogens with two attached hydrogens (primary N) is 1. The van der Waals surface area contributed by atoms with Gasteiger partial charge in [0, 0.05) is 11.1 Å². The lowest BCUT2D eigenvalue weighted by atomic mass is 10.0. The molecular formula is C8H14N2S. The van der Waals surface area contributed by atoms with Crippen LogP contribution in [-0.4, -0.2) is 4.98 Å². The van der Waals surface area contributed by atoms with Crippen LogP contribution >= 0.6 is 11.3 Å². The molecule has 1 aromatic heterocycles. The zero-order chi connectivity index (χ0) is 8.48. The van der Waals surface area contributed by atoms with Gasteiger partial charge in [-0.1, -0.05) is 6.92 Å². The van der Waals surface area contributed by atoms with Crippen molar-refractivity contribution in [1.82, 2.24) is 4.98 Å². The van der Waals surface area contributed by atoms with Gasteiger partial charge in [-0.3, -0.25) is 0 Å². The number of aryl methyl sites for hydroxylation is 1. The molecular weight excluding hydrogens is 156 g/mol. The first-order valence-electron chi connectivity index (χ1n) is 3.78. The Morgan fingerprint density at radius 3 is 2.73 bits per heavy atom. The molecule has 11 heavy (non-hydrogen) atoms. The van der Waals surface area contributed by atoms with E-state index in [-0.39, 0.29) is 5.54 Å². The molecule has 0 bridgehead atoms. The van der Waals surface area contributed by atoms with Crippen LogP contribution in [0.5, 0.6) is 0 Å². The van der Waals surface area contributed by atoms with E-state index in [1.54, 1.807) is 11.3 Å². The van der Waals surface area contributed by atoms with Gasteiger partial charge in [-0.15, -0.1) is 11.3 Å². The van der Waals surface area contributed by atoms with Crippen molar-refractivity contribution >= 4 is 11.3 Å². The van der Waals surface area contributed by atoms with Gasteiger partial charge in [-0.05, 0) is 20.3 Å². The average molecular weight is 170 g/mol. The van der Waals surface area contributed by atoms with Crippen molar-refractivity contribution < 1.29 is 0 Å². The maximum atomic E-state index is 6.00.